The average Bonchev–Trinajstić information content (AvgIpc) is 0.791. The molecule has 13 nitrogen and oxygen atoms in total. The van der Waals surface area contributed by atoms with E-state index in [9.17, 15) is 9.59 Å². The van der Waals surface area contributed by atoms with Crippen molar-refractivity contribution in [3.63, 3.8) is 0 Å². The lowest BCUT2D eigenvalue weighted by molar-refractivity contribution is -0.330. The van der Waals surface area contributed by atoms with Gasteiger partial charge in [0.15, 0.2) is 6.29 Å². The van der Waals surface area contributed by atoms with Gasteiger partial charge in [-0.3, -0.25) is 9.59 Å². The Balaban J connectivity index is 1.03. The van der Waals surface area contributed by atoms with Gasteiger partial charge in [0.1, 0.15) is 36.3 Å². The molecule has 0 unspecified atom stereocenters. The highest BCUT2D eigenvalue weighted by molar-refractivity contribution is 5.96. The van der Waals surface area contributed by atoms with E-state index < -0.39 is 49.0 Å². The van der Waals surface area contributed by atoms with Crippen molar-refractivity contribution in [2.45, 2.75) is 243 Å². The van der Waals surface area contributed by atoms with Gasteiger partial charge < -0.3 is 53.3 Å². The molecule has 99 heavy (non-hydrogen) atoms. The average molecular weight is 1350 g/mol. The first-order chi connectivity index (χ1) is 48.9. The normalized spacial score (nSPS) is 17.0. The van der Waals surface area contributed by atoms with Crippen LogP contribution < -0.4 is 15.4 Å². The van der Waals surface area contributed by atoms with E-state index in [4.69, 9.17) is 42.6 Å². The molecule has 7 aromatic carbocycles. The summed E-state index contributed by atoms with van der Waals surface area (Å²) in [5.41, 5.74) is 6.63. The van der Waals surface area contributed by atoms with Gasteiger partial charge in [-0.2, -0.15) is 0 Å². The minimum atomic E-state index is -1.03. The number of hydrogen-bond acceptors (Lipinski definition) is 11. The molecule has 0 aromatic heterocycles. The second kappa shape index (κ2) is 47.9. The number of ether oxygens (including phenoxy) is 9. The van der Waals surface area contributed by atoms with E-state index >= 15 is 0 Å². The van der Waals surface area contributed by atoms with Gasteiger partial charge in [0.05, 0.1) is 77.7 Å². The minimum absolute atomic E-state index is 0.00260. The molecular formula is C86H114N2O11. The number of nitrogens with one attached hydrogen (secondary N) is 2. The Morgan fingerprint density at radius 2 is 0.838 bits per heavy atom. The number of unbranched alkanes of at least 4 members (excludes halogenated alkanes) is 19. The number of methoxy groups -OCH3 is 1. The van der Waals surface area contributed by atoms with Crippen LogP contribution in [0.5, 0.6) is 5.75 Å². The molecule has 0 bridgehead atoms. The Labute approximate surface area is 592 Å². The highest BCUT2D eigenvalue weighted by Gasteiger charge is 2.50. The van der Waals surface area contributed by atoms with Gasteiger partial charge in [0.25, 0.3) is 5.91 Å². The summed E-state index contributed by atoms with van der Waals surface area (Å²) in [5, 5.41) is 6.59. The van der Waals surface area contributed by atoms with Crippen LogP contribution >= 0.6 is 0 Å². The maximum atomic E-state index is 14.9. The first-order valence-electron chi connectivity index (χ1n) is 37.3. The summed E-state index contributed by atoms with van der Waals surface area (Å²) in [6.45, 7) is 4.89. The molecule has 534 valence electrons. The fourth-order valence-corrected chi connectivity index (χ4v) is 12.9. The molecule has 8 atom stereocenters. The van der Waals surface area contributed by atoms with Gasteiger partial charge in [-0.25, -0.2) is 0 Å². The van der Waals surface area contributed by atoms with Gasteiger partial charge in [-0.15, -0.1) is 0 Å². The zero-order chi connectivity index (χ0) is 68.8. The molecule has 1 saturated heterocycles. The second-order valence-electron chi connectivity index (χ2n) is 26.5. The van der Waals surface area contributed by atoms with Crippen LogP contribution in [0, 0.1) is 0 Å². The molecular weight excluding hydrogens is 1240 g/mol. The molecule has 0 aliphatic carbocycles. The Morgan fingerprint density at radius 3 is 1.34 bits per heavy atom. The molecule has 1 heterocycles. The van der Waals surface area contributed by atoms with E-state index in [0.717, 1.165) is 117 Å². The van der Waals surface area contributed by atoms with Crippen molar-refractivity contribution in [1.82, 2.24) is 10.6 Å². The molecule has 1 aliphatic heterocycles. The van der Waals surface area contributed by atoms with Gasteiger partial charge >= 0.3 is 0 Å². The van der Waals surface area contributed by atoms with Gasteiger partial charge in [0, 0.05) is 13.0 Å². The molecule has 0 radical (unpaired) electrons. The summed E-state index contributed by atoms with van der Waals surface area (Å²) >= 11 is 0. The van der Waals surface area contributed by atoms with Crippen molar-refractivity contribution >= 4 is 11.8 Å². The van der Waals surface area contributed by atoms with Crippen LogP contribution in [0.4, 0.5) is 0 Å². The SMILES string of the molecule is CCCCCCCCCCCCCC[C@@H](OCc1ccccc1)[C@@H](OCc1ccccc1)[C@H](CO[C@H]1O[C@H](COCc2ccccc2)[C@H](OCc2ccccc2)[C@H](OCc2ccccc2)[C@H]1OCc1ccccc1)NC(=O)CCCCCCCCCCCNC(=O)c1ccccc1OC. The third-order valence-electron chi connectivity index (χ3n) is 18.5. The summed E-state index contributed by atoms with van der Waals surface area (Å²) in [5.74, 6) is 0.398. The monoisotopic (exact) mass is 1350 g/mol. The van der Waals surface area contributed by atoms with Crippen LogP contribution in [-0.4, -0.2) is 87.6 Å². The van der Waals surface area contributed by atoms with E-state index in [1.807, 2.05) is 121 Å². The third kappa shape index (κ3) is 30.0. The Hall–Kier alpha value is -7.04. The van der Waals surface area contributed by atoms with Crippen molar-refractivity contribution in [2.24, 2.45) is 0 Å². The van der Waals surface area contributed by atoms with E-state index in [2.05, 4.69) is 90.4 Å². The second-order valence-corrected chi connectivity index (χ2v) is 26.5. The predicted octanol–water partition coefficient (Wildman–Crippen LogP) is 18.8. The zero-order valence-electron chi connectivity index (χ0n) is 59.4. The lowest BCUT2D eigenvalue weighted by atomic mass is 9.97. The van der Waals surface area contributed by atoms with Crippen molar-refractivity contribution in [3.8, 4) is 5.75 Å². The van der Waals surface area contributed by atoms with E-state index in [-0.39, 0.29) is 38.2 Å². The molecule has 1 aliphatic rings. The highest BCUT2D eigenvalue weighted by atomic mass is 16.7. The van der Waals surface area contributed by atoms with Crippen molar-refractivity contribution in [3.05, 3.63) is 245 Å². The van der Waals surface area contributed by atoms with Gasteiger partial charge in [0.2, 0.25) is 5.91 Å². The number of para-hydroxylation sites is 1. The maximum Gasteiger partial charge on any atom is 0.255 e. The standard InChI is InChI=1S/C86H114N2O11/c1-3-4-5-6-7-8-9-10-12-15-18-39-58-78(93-62-70-46-29-22-30-47-70)81(94-63-71-48-31-23-32-49-71)76(88-80(89)59-40-19-16-13-11-14-17-20-43-60-87-85(90)75-56-41-42-57-77(75)91-2)67-98-86-84(97-66-74-54-37-26-38-55-74)83(96-65-73-52-35-25-36-53-73)82(95-64-72-50-33-24-34-51-72)79(99-86)68-92-61-69-44-27-21-28-45-69/h21-38,41-42,44-57,76,78-79,81-84,86H,3-20,39-40,43,58-68H2,1-2H3,(H,87,90)(H,88,89)/t76-,78+,79+,81-,82-,83-,84+,86-/m0/s1. The summed E-state index contributed by atoms with van der Waals surface area (Å²) < 4.78 is 62.3. The van der Waals surface area contributed by atoms with E-state index in [1.165, 1.54) is 57.8 Å². The number of amides is 2. The smallest absolute Gasteiger partial charge is 0.255 e. The topological polar surface area (TPSA) is 141 Å². The number of benzene rings is 7. The highest BCUT2D eigenvalue weighted by Crippen LogP contribution is 2.33. The molecule has 1 fully saturated rings. The lowest BCUT2D eigenvalue weighted by Crippen LogP contribution is -2.62. The Bertz CT molecular complexity index is 3170. The molecule has 2 amide bonds. The predicted molar refractivity (Wildman–Crippen MR) is 395 cm³/mol. The Kier molecular flexibility index (Phi) is 37.6. The molecule has 0 saturated carbocycles. The van der Waals surface area contributed by atoms with Crippen LogP contribution in [0.1, 0.15) is 198 Å². The fourth-order valence-electron chi connectivity index (χ4n) is 12.9. The number of carbonyl (C=O) groups excluding carboxylic acids is 2. The van der Waals surface area contributed by atoms with Crippen molar-refractivity contribution in [1.29, 1.82) is 0 Å². The van der Waals surface area contributed by atoms with Crippen LogP contribution in [0.25, 0.3) is 0 Å². The van der Waals surface area contributed by atoms with E-state index in [1.54, 1.807) is 19.2 Å². The molecule has 8 rings (SSSR count). The number of hydrogen-bond donors (Lipinski definition) is 2. The van der Waals surface area contributed by atoms with Gasteiger partial charge in [-0.1, -0.05) is 323 Å². The first kappa shape index (κ1) is 77.7. The number of rotatable bonds is 52. The first-order valence-corrected chi connectivity index (χ1v) is 37.3. The van der Waals surface area contributed by atoms with Crippen LogP contribution in [0.2, 0.25) is 0 Å². The Morgan fingerprint density at radius 1 is 0.424 bits per heavy atom. The van der Waals surface area contributed by atoms with E-state index in [0.29, 0.717) is 50.7 Å². The van der Waals surface area contributed by atoms with Crippen LogP contribution in [0.3, 0.4) is 0 Å². The number of carbonyl (C=O) groups is 2. The summed E-state index contributed by atoms with van der Waals surface area (Å²) in [6.07, 6.45) is 20.0. The largest absolute Gasteiger partial charge is 0.496 e. The van der Waals surface area contributed by atoms with Crippen LogP contribution in [-0.2, 0) is 82.3 Å². The van der Waals surface area contributed by atoms with Crippen molar-refractivity contribution in [2.75, 3.05) is 26.9 Å². The lowest BCUT2D eigenvalue weighted by Gasteiger charge is -2.46. The molecule has 7 aromatic rings. The molecule has 13 heteroatoms. The minimum Gasteiger partial charge on any atom is -0.496 e. The zero-order valence-corrected chi connectivity index (χ0v) is 59.4. The summed E-state index contributed by atoms with van der Waals surface area (Å²) in [6, 6.07) is 67.7. The quantitative estimate of drug-likeness (QED) is 0.0352. The summed E-state index contributed by atoms with van der Waals surface area (Å²) in [7, 11) is 1.58. The van der Waals surface area contributed by atoms with Crippen LogP contribution in [0.15, 0.2) is 206 Å². The third-order valence-corrected chi connectivity index (χ3v) is 18.5. The molecule has 2 N–H and O–H groups in total. The molecule has 0 spiro atoms. The summed E-state index contributed by atoms with van der Waals surface area (Å²) in [4.78, 5) is 27.7. The fraction of sp³-hybridized carbons (Fsp3) is 0.488. The van der Waals surface area contributed by atoms with Crippen molar-refractivity contribution < 1.29 is 52.2 Å². The maximum absolute atomic E-state index is 14.9. The van der Waals surface area contributed by atoms with Gasteiger partial charge in [-0.05, 0) is 64.8 Å².